The van der Waals surface area contributed by atoms with Gasteiger partial charge < -0.3 is 18.8 Å². The Labute approximate surface area is 183 Å². The van der Waals surface area contributed by atoms with Crippen LogP contribution in [0.25, 0.3) is 11.1 Å². The molecular formula is C25H30N2O4. The highest BCUT2D eigenvalue weighted by molar-refractivity contribution is 5.74. The number of carbonyl (C=O) groups is 1. The zero-order valence-electron chi connectivity index (χ0n) is 18.6. The summed E-state index contributed by atoms with van der Waals surface area (Å²) in [5, 5.41) is 0. The molecule has 6 heteroatoms. The predicted octanol–water partition coefficient (Wildman–Crippen LogP) is 5.03. The average molecular weight is 423 g/mol. The van der Waals surface area contributed by atoms with Crippen molar-refractivity contribution in [2.75, 3.05) is 32.2 Å². The number of hydrogen-bond acceptors (Lipinski definition) is 6. The summed E-state index contributed by atoms with van der Waals surface area (Å²) in [6, 6.07) is 16.1. The molecule has 0 aliphatic heterocycles. The summed E-state index contributed by atoms with van der Waals surface area (Å²) < 4.78 is 16.6. The highest BCUT2D eigenvalue weighted by Gasteiger charge is 2.18. The molecule has 164 valence electrons. The molecule has 1 unspecified atom stereocenters. The molecule has 1 atom stereocenters. The minimum atomic E-state index is -0.184. The summed E-state index contributed by atoms with van der Waals surface area (Å²) in [5.41, 5.74) is 3.89. The number of esters is 1. The Balaban J connectivity index is 1.51. The van der Waals surface area contributed by atoms with Crippen molar-refractivity contribution < 1.29 is 18.7 Å². The summed E-state index contributed by atoms with van der Waals surface area (Å²) >= 11 is 0. The lowest BCUT2D eigenvalue weighted by molar-refractivity contribution is -0.145. The Morgan fingerprint density at radius 2 is 1.90 bits per heavy atom. The number of nitrogens with zero attached hydrogens (tertiary/aromatic N) is 2. The van der Waals surface area contributed by atoms with E-state index in [9.17, 15) is 4.79 Å². The van der Waals surface area contributed by atoms with E-state index in [1.54, 1.807) is 0 Å². The number of fused-ring (bicyclic) bond motifs is 1. The molecule has 0 amide bonds. The fraction of sp³-hybridized carbons (Fsp3) is 0.360. The predicted molar refractivity (Wildman–Crippen MR) is 122 cm³/mol. The number of ether oxygens (including phenoxy) is 2. The van der Waals surface area contributed by atoms with E-state index < -0.39 is 0 Å². The monoisotopic (exact) mass is 422 g/mol. The van der Waals surface area contributed by atoms with Crippen LogP contribution in [-0.2, 0) is 16.0 Å². The number of allylic oxidation sites excluding steroid dienone is 2. The maximum atomic E-state index is 12.1. The summed E-state index contributed by atoms with van der Waals surface area (Å²) in [4.78, 5) is 18.5. The van der Waals surface area contributed by atoms with E-state index >= 15 is 0 Å². The Kier molecular flexibility index (Phi) is 7.70. The average Bonchev–Trinajstić information content (AvgIpc) is 3.21. The van der Waals surface area contributed by atoms with Gasteiger partial charge in [0, 0.05) is 7.05 Å². The second-order valence-electron chi connectivity index (χ2n) is 7.82. The second-order valence-corrected chi connectivity index (χ2v) is 7.82. The smallest absolute Gasteiger partial charge is 0.309 e. The molecule has 2 aromatic carbocycles. The maximum absolute atomic E-state index is 12.1. The van der Waals surface area contributed by atoms with Gasteiger partial charge in [0.05, 0.1) is 19.6 Å². The lowest BCUT2D eigenvalue weighted by Gasteiger charge is -2.15. The Morgan fingerprint density at radius 1 is 1.16 bits per heavy atom. The van der Waals surface area contributed by atoms with Crippen LogP contribution in [-0.4, -0.2) is 38.3 Å². The number of rotatable bonds is 10. The van der Waals surface area contributed by atoms with Crippen molar-refractivity contribution in [1.29, 1.82) is 0 Å². The molecule has 0 bridgehead atoms. The van der Waals surface area contributed by atoms with Gasteiger partial charge >= 0.3 is 5.97 Å². The number of benzene rings is 2. The minimum Gasteiger partial charge on any atom is -0.492 e. The van der Waals surface area contributed by atoms with Crippen molar-refractivity contribution in [2.24, 2.45) is 5.92 Å². The topological polar surface area (TPSA) is 64.8 Å². The van der Waals surface area contributed by atoms with Crippen molar-refractivity contribution in [3.05, 3.63) is 65.7 Å². The van der Waals surface area contributed by atoms with Crippen molar-refractivity contribution in [2.45, 2.75) is 26.7 Å². The van der Waals surface area contributed by atoms with Crippen LogP contribution in [0.1, 0.15) is 25.8 Å². The summed E-state index contributed by atoms with van der Waals surface area (Å²) in [6.07, 6.45) is 3.39. The number of oxazole rings is 1. The van der Waals surface area contributed by atoms with Crippen LogP contribution in [0.15, 0.2) is 64.6 Å². The van der Waals surface area contributed by atoms with Gasteiger partial charge in [-0.15, -0.1) is 0 Å². The Morgan fingerprint density at radius 3 is 2.58 bits per heavy atom. The molecule has 1 aromatic heterocycles. The van der Waals surface area contributed by atoms with Gasteiger partial charge in [0.1, 0.15) is 17.9 Å². The zero-order chi connectivity index (χ0) is 22.2. The number of anilines is 1. The highest BCUT2D eigenvalue weighted by atomic mass is 16.5. The molecule has 3 aromatic rings. The van der Waals surface area contributed by atoms with Crippen LogP contribution in [0, 0.1) is 5.92 Å². The van der Waals surface area contributed by atoms with E-state index in [2.05, 4.69) is 11.1 Å². The first kappa shape index (κ1) is 22.4. The summed E-state index contributed by atoms with van der Waals surface area (Å²) in [5.74, 6) is 0.422. The van der Waals surface area contributed by atoms with Crippen molar-refractivity contribution in [3.8, 4) is 5.75 Å². The molecule has 0 saturated carbocycles. The second kappa shape index (κ2) is 10.7. The van der Waals surface area contributed by atoms with E-state index in [0.717, 1.165) is 22.4 Å². The molecule has 0 aliphatic carbocycles. The molecular weight excluding hydrogens is 392 g/mol. The SMILES string of the molecule is COC(=O)C(CC=C(C)C)Cc1ccc(OCCN(C)c2nc3ccccc3o2)cc1. The third-order valence-electron chi connectivity index (χ3n) is 5.06. The van der Waals surface area contributed by atoms with Crippen LogP contribution in [0.5, 0.6) is 5.75 Å². The summed E-state index contributed by atoms with van der Waals surface area (Å²) in [7, 11) is 3.36. The number of aromatic nitrogens is 1. The molecule has 0 saturated heterocycles. The quantitative estimate of drug-likeness (QED) is 0.337. The molecule has 0 N–H and O–H groups in total. The summed E-state index contributed by atoms with van der Waals surface area (Å²) in [6.45, 7) is 5.20. The normalized spacial score (nSPS) is 11.7. The number of methoxy groups -OCH3 is 1. The number of para-hydroxylation sites is 2. The van der Waals surface area contributed by atoms with Crippen LogP contribution in [0.2, 0.25) is 0 Å². The van der Waals surface area contributed by atoms with Gasteiger partial charge in [0.2, 0.25) is 0 Å². The zero-order valence-corrected chi connectivity index (χ0v) is 18.6. The first-order valence-corrected chi connectivity index (χ1v) is 10.5. The van der Waals surface area contributed by atoms with E-state index in [1.165, 1.54) is 12.7 Å². The third-order valence-corrected chi connectivity index (χ3v) is 5.06. The van der Waals surface area contributed by atoms with Crippen LogP contribution >= 0.6 is 0 Å². The number of hydrogen-bond donors (Lipinski definition) is 0. The molecule has 6 nitrogen and oxygen atoms in total. The van der Waals surface area contributed by atoms with E-state index in [4.69, 9.17) is 13.9 Å². The third kappa shape index (κ3) is 6.35. The standard InChI is InChI=1S/C25H30N2O4/c1-18(2)9-12-20(24(28)29-4)17-19-10-13-21(14-11-19)30-16-15-27(3)25-26-22-7-5-6-8-23(22)31-25/h5-11,13-14,20H,12,15-17H2,1-4H3. The molecule has 0 aliphatic rings. The van der Waals surface area contributed by atoms with E-state index in [1.807, 2.05) is 74.3 Å². The number of likely N-dealkylation sites (N-methyl/N-ethyl adjacent to an activating group) is 1. The molecule has 1 heterocycles. The highest BCUT2D eigenvalue weighted by Crippen LogP contribution is 2.21. The Hall–Kier alpha value is -3.28. The Bertz CT molecular complexity index is 986. The van der Waals surface area contributed by atoms with Gasteiger partial charge in [-0.05, 0) is 56.5 Å². The van der Waals surface area contributed by atoms with Crippen molar-refractivity contribution in [3.63, 3.8) is 0 Å². The molecule has 0 spiro atoms. The van der Waals surface area contributed by atoms with Gasteiger partial charge in [-0.1, -0.05) is 35.9 Å². The fourth-order valence-electron chi connectivity index (χ4n) is 3.23. The van der Waals surface area contributed by atoms with Crippen molar-refractivity contribution in [1.82, 2.24) is 4.98 Å². The first-order chi connectivity index (χ1) is 15.0. The van der Waals surface area contributed by atoms with Gasteiger partial charge in [-0.25, -0.2) is 0 Å². The minimum absolute atomic E-state index is 0.180. The van der Waals surface area contributed by atoms with E-state index in [-0.39, 0.29) is 11.9 Å². The van der Waals surface area contributed by atoms with Gasteiger partial charge in [-0.2, -0.15) is 4.98 Å². The van der Waals surface area contributed by atoms with Crippen molar-refractivity contribution >= 4 is 23.1 Å². The van der Waals surface area contributed by atoms with Crippen LogP contribution < -0.4 is 9.64 Å². The maximum Gasteiger partial charge on any atom is 0.309 e. The molecule has 0 fully saturated rings. The van der Waals surface area contributed by atoms with Gasteiger partial charge in [0.25, 0.3) is 6.01 Å². The van der Waals surface area contributed by atoms with E-state index in [0.29, 0.717) is 32.0 Å². The van der Waals surface area contributed by atoms with Gasteiger partial charge in [0.15, 0.2) is 5.58 Å². The lowest BCUT2D eigenvalue weighted by atomic mass is 9.95. The van der Waals surface area contributed by atoms with Crippen LogP contribution in [0.4, 0.5) is 6.01 Å². The molecule has 3 rings (SSSR count). The number of carbonyl (C=O) groups excluding carboxylic acids is 1. The lowest BCUT2D eigenvalue weighted by Crippen LogP contribution is -2.24. The first-order valence-electron chi connectivity index (χ1n) is 10.5. The molecule has 31 heavy (non-hydrogen) atoms. The fourth-order valence-corrected chi connectivity index (χ4v) is 3.23. The largest absolute Gasteiger partial charge is 0.492 e. The van der Waals surface area contributed by atoms with Crippen LogP contribution in [0.3, 0.4) is 0 Å². The molecule has 0 radical (unpaired) electrons. The van der Waals surface area contributed by atoms with Gasteiger partial charge in [-0.3, -0.25) is 4.79 Å².